The van der Waals surface area contributed by atoms with Gasteiger partial charge < -0.3 is 9.64 Å². The van der Waals surface area contributed by atoms with Crippen molar-refractivity contribution in [1.82, 2.24) is 9.36 Å². The summed E-state index contributed by atoms with van der Waals surface area (Å²) in [5.74, 6) is 1.38. The SMILES string of the molecule is CCOC1CC(N(C)c2nc(C(C)C)ns2)C12CCC2. The molecule has 2 aliphatic carbocycles. The van der Waals surface area contributed by atoms with Crippen LogP contribution in [0.2, 0.25) is 0 Å². The lowest BCUT2D eigenvalue weighted by Gasteiger charge is -2.63. The van der Waals surface area contributed by atoms with Crippen molar-refractivity contribution in [2.75, 3.05) is 18.6 Å². The van der Waals surface area contributed by atoms with Crippen LogP contribution in [0.5, 0.6) is 0 Å². The standard InChI is InChI=1S/C15H25N3OS/c1-5-19-12-9-11(15(12)7-6-8-15)18(4)14-16-13(10(2)3)17-20-14/h10-12H,5-9H2,1-4H3. The maximum absolute atomic E-state index is 5.94. The van der Waals surface area contributed by atoms with E-state index in [1.165, 1.54) is 30.8 Å². The third-order valence-electron chi connectivity index (χ3n) is 5.11. The monoisotopic (exact) mass is 295 g/mol. The first-order valence-electron chi connectivity index (χ1n) is 7.76. The topological polar surface area (TPSA) is 38.2 Å². The van der Waals surface area contributed by atoms with E-state index >= 15 is 0 Å². The van der Waals surface area contributed by atoms with Crippen molar-refractivity contribution in [2.45, 2.75) is 64.5 Å². The van der Waals surface area contributed by atoms with Gasteiger partial charge in [-0.1, -0.05) is 20.3 Å². The lowest BCUT2D eigenvalue weighted by atomic mass is 9.50. The Hall–Kier alpha value is -0.680. The molecule has 1 heterocycles. The molecule has 0 saturated heterocycles. The van der Waals surface area contributed by atoms with Gasteiger partial charge >= 0.3 is 0 Å². The highest BCUT2D eigenvalue weighted by molar-refractivity contribution is 7.09. The number of hydrogen-bond donors (Lipinski definition) is 0. The molecule has 2 unspecified atom stereocenters. The number of anilines is 1. The highest BCUT2D eigenvalue weighted by atomic mass is 32.1. The molecule has 1 aromatic heterocycles. The van der Waals surface area contributed by atoms with E-state index in [1.807, 2.05) is 0 Å². The van der Waals surface area contributed by atoms with Gasteiger partial charge in [0.2, 0.25) is 5.13 Å². The van der Waals surface area contributed by atoms with Gasteiger partial charge in [0, 0.05) is 42.6 Å². The van der Waals surface area contributed by atoms with Crippen molar-refractivity contribution < 1.29 is 4.74 Å². The van der Waals surface area contributed by atoms with Crippen LogP contribution in [0.25, 0.3) is 0 Å². The first-order chi connectivity index (χ1) is 9.58. The summed E-state index contributed by atoms with van der Waals surface area (Å²) in [5.41, 5.74) is 0.397. The Morgan fingerprint density at radius 1 is 1.45 bits per heavy atom. The summed E-state index contributed by atoms with van der Waals surface area (Å²) in [4.78, 5) is 7.06. The van der Waals surface area contributed by atoms with Crippen molar-refractivity contribution in [3.63, 3.8) is 0 Å². The zero-order valence-corrected chi connectivity index (χ0v) is 13.7. The average Bonchev–Trinajstić information content (AvgIpc) is 2.81. The van der Waals surface area contributed by atoms with E-state index < -0.39 is 0 Å². The molecule has 112 valence electrons. The molecule has 1 spiro atoms. The smallest absolute Gasteiger partial charge is 0.205 e. The molecule has 2 saturated carbocycles. The van der Waals surface area contributed by atoms with Crippen molar-refractivity contribution in [1.29, 1.82) is 0 Å². The Labute approximate surface area is 125 Å². The number of nitrogens with zero attached hydrogens (tertiary/aromatic N) is 3. The number of aromatic nitrogens is 2. The largest absolute Gasteiger partial charge is 0.378 e. The molecule has 20 heavy (non-hydrogen) atoms. The third-order valence-corrected chi connectivity index (χ3v) is 5.93. The lowest BCUT2D eigenvalue weighted by Crippen LogP contribution is -2.67. The Kier molecular flexibility index (Phi) is 3.75. The molecule has 3 rings (SSSR count). The van der Waals surface area contributed by atoms with E-state index in [4.69, 9.17) is 9.72 Å². The van der Waals surface area contributed by atoms with E-state index in [0.29, 0.717) is 23.5 Å². The summed E-state index contributed by atoms with van der Waals surface area (Å²) in [7, 11) is 2.18. The summed E-state index contributed by atoms with van der Waals surface area (Å²) in [6, 6.07) is 0.584. The van der Waals surface area contributed by atoms with Crippen LogP contribution in [0.1, 0.15) is 58.2 Å². The van der Waals surface area contributed by atoms with Crippen molar-refractivity contribution in [3.05, 3.63) is 5.82 Å². The molecular formula is C15H25N3OS. The van der Waals surface area contributed by atoms with E-state index in [-0.39, 0.29) is 0 Å². The molecule has 0 amide bonds. The fraction of sp³-hybridized carbons (Fsp3) is 0.867. The maximum Gasteiger partial charge on any atom is 0.205 e. The summed E-state index contributed by atoms with van der Waals surface area (Å²) in [5, 5.41) is 1.07. The Bertz CT molecular complexity index is 469. The van der Waals surface area contributed by atoms with Crippen LogP contribution < -0.4 is 4.90 Å². The van der Waals surface area contributed by atoms with E-state index in [2.05, 4.69) is 37.1 Å². The molecule has 0 aliphatic heterocycles. The summed E-state index contributed by atoms with van der Waals surface area (Å²) in [6.07, 6.45) is 5.57. The van der Waals surface area contributed by atoms with Gasteiger partial charge in [-0.15, -0.1) is 0 Å². The van der Waals surface area contributed by atoms with Gasteiger partial charge in [-0.05, 0) is 26.2 Å². The molecule has 0 aromatic carbocycles. The van der Waals surface area contributed by atoms with Gasteiger partial charge in [-0.2, -0.15) is 4.37 Å². The van der Waals surface area contributed by atoms with Gasteiger partial charge in [-0.25, -0.2) is 4.98 Å². The van der Waals surface area contributed by atoms with Gasteiger partial charge in [0.15, 0.2) is 0 Å². The third kappa shape index (κ3) is 2.06. The lowest BCUT2D eigenvalue weighted by molar-refractivity contribution is -0.163. The second-order valence-corrected chi connectivity index (χ2v) is 7.21. The van der Waals surface area contributed by atoms with Crippen LogP contribution >= 0.6 is 11.5 Å². The van der Waals surface area contributed by atoms with Crippen LogP contribution in [-0.4, -0.2) is 35.2 Å². The molecule has 0 radical (unpaired) electrons. The molecule has 0 bridgehead atoms. The molecular weight excluding hydrogens is 270 g/mol. The second-order valence-electron chi connectivity index (χ2n) is 6.48. The molecule has 1 aromatic rings. The normalized spacial score (nSPS) is 27.4. The predicted octanol–water partition coefficient (Wildman–Crippen LogP) is 3.45. The molecule has 0 N–H and O–H groups in total. The zero-order valence-electron chi connectivity index (χ0n) is 12.9. The average molecular weight is 295 g/mol. The summed E-state index contributed by atoms with van der Waals surface area (Å²) in [6.45, 7) is 7.23. The first kappa shape index (κ1) is 14.3. The molecule has 2 aliphatic rings. The number of rotatable bonds is 5. The maximum atomic E-state index is 5.94. The minimum absolute atomic E-state index is 0.397. The fourth-order valence-corrected chi connectivity index (χ4v) is 4.50. The molecule has 2 atom stereocenters. The highest BCUT2D eigenvalue weighted by Gasteiger charge is 2.60. The van der Waals surface area contributed by atoms with Crippen LogP contribution in [-0.2, 0) is 4.74 Å². The fourth-order valence-electron chi connectivity index (χ4n) is 3.68. The van der Waals surface area contributed by atoms with Gasteiger partial charge in [0.25, 0.3) is 0 Å². The minimum atomic E-state index is 0.397. The Morgan fingerprint density at radius 2 is 2.20 bits per heavy atom. The second kappa shape index (κ2) is 5.26. The van der Waals surface area contributed by atoms with Crippen LogP contribution in [0.3, 0.4) is 0 Å². The summed E-state index contributed by atoms with van der Waals surface area (Å²) >= 11 is 1.54. The van der Waals surface area contributed by atoms with E-state index in [9.17, 15) is 0 Å². The minimum Gasteiger partial charge on any atom is -0.378 e. The van der Waals surface area contributed by atoms with Crippen LogP contribution in [0.15, 0.2) is 0 Å². The van der Waals surface area contributed by atoms with Crippen LogP contribution in [0.4, 0.5) is 5.13 Å². The Balaban J connectivity index is 1.72. The Morgan fingerprint density at radius 3 is 2.70 bits per heavy atom. The molecule has 2 fully saturated rings. The van der Waals surface area contributed by atoms with Gasteiger partial charge in [0.1, 0.15) is 5.82 Å². The van der Waals surface area contributed by atoms with E-state index in [0.717, 1.165) is 24.0 Å². The predicted molar refractivity (Wildman–Crippen MR) is 82.5 cm³/mol. The number of hydrogen-bond acceptors (Lipinski definition) is 5. The quantitative estimate of drug-likeness (QED) is 0.834. The number of ether oxygens (including phenoxy) is 1. The van der Waals surface area contributed by atoms with E-state index in [1.54, 1.807) is 0 Å². The molecule has 4 nitrogen and oxygen atoms in total. The van der Waals surface area contributed by atoms with Crippen molar-refractivity contribution >= 4 is 16.7 Å². The van der Waals surface area contributed by atoms with Gasteiger partial charge in [-0.3, -0.25) is 0 Å². The van der Waals surface area contributed by atoms with Crippen molar-refractivity contribution in [2.24, 2.45) is 5.41 Å². The van der Waals surface area contributed by atoms with Gasteiger partial charge in [0.05, 0.1) is 6.10 Å². The van der Waals surface area contributed by atoms with Crippen LogP contribution in [0, 0.1) is 5.41 Å². The highest BCUT2D eigenvalue weighted by Crippen LogP contribution is 2.59. The first-order valence-corrected chi connectivity index (χ1v) is 8.54. The summed E-state index contributed by atoms with van der Waals surface area (Å²) < 4.78 is 10.4. The molecule has 5 heteroatoms. The van der Waals surface area contributed by atoms with Crippen molar-refractivity contribution in [3.8, 4) is 0 Å². The zero-order chi connectivity index (χ0) is 14.3.